The number of rotatable bonds is 10. The zero-order valence-corrected chi connectivity index (χ0v) is 14.9. The van der Waals surface area contributed by atoms with E-state index in [1.165, 1.54) is 4.31 Å². The minimum atomic E-state index is -3.59. The van der Waals surface area contributed by atoms with Crippen molar-refractivity contribution in [1.82, 2.24) is 4.31 Å². The van der Waals surface area contributed by atoms with Gasteiger partial charge in [0.1, 0.15) is 0 Å². The molecule has 0 aliphatic carbocycles. The van der Waals surface area contributed by atoms with Crippen LogP contribution in [-0.4, -0.2) is 30.3 Å². The summed E-state index contributed by atoms with van der Waals surface area (Å²) < 4.78 is 27.4. The Morgan fingerprint density at radius 1 is 0.880 bits per heavy atom. The third-order valence-electron chi connectivity index (χ3n) is 3.88. The van der Waals surface area contributed by atoms with Crippen molar-refractivity contribution in [3.63, 3.8) is 0 Å². The molecule has 0 saturated carbocycles. The number of carbonyl (C=O) groups is 1. The van der Waals surface area contributed by atoms with Gasteiger partial charge in [0.15, 0.2) is 0 Å². The highest BCUT2D eigenvalue weighted by atomic mass is 32.2. The molecular weight excluding hydrogens is 338 g/mol. The summed E-state index contributed by atoms with van der Waals surface area (Å²) in [7, 11) is -3.59. The van der Waals surface area contributed by atoms with Crippen molar-refractivity contribution >= 4 is 16.0 Å². The highest BCUT2D eigenvalue weighted by Crippen LogP contribution is 2.19. The maximum absolute atomic E-state index is 12.9. The fraction of sp³-hybridized carbons (Fsp3) is 0.316. The number of nitrogens with zero attached hydrogens (tertiary/aromatic N) is 1. The Morgan fingerprint density at radius 2 is 1.48 bits per heavy atom. The molecule has 2 aromatic carbocycles. The second-order valence-corrected chi connectivity index (χ2v) is 7.78. The molecule has 0 atom stereocenters. The van der Waals surface area contributed by atoms with E-state index >= 15 is 0 Å². The van der Waals surface area contributed by atoms with Crippen molar-refractivity contribution in [1.29, 1.82) is 0 Å². The van der Waals surface area contributed by atoms with Gasteiger partial charge in [0, 0.05) is 19.5 Å². The lowest BCUT2D eigenvalue weighted by molar-refractivity contribution is -0.137. The normalized spacial score (nSPS) is 11.6. The molecule has 2 rings (SSSR count). The fourth-order valence-electron chi connectivity index (χ4n) is 2.55. The van der Waals surface area contributed by atoms with Crippen LogP contribution in [0.15, 0.2) is 65.6 Å². The molecule has 0 unspecified atom stereocenters. The zero-order chi connectivity index (χ0) is 18.1. The summed E-state index contributed by atoms with van der Waals surface area (Å²) in [5.41, 5.74) is 0.924. The molecule has 134 valence electrons. The first-order valence-electron chi connectivity index (χ1n) is 8.31. The molecule has 0 aliphatic heterocycles. The third-order valence-corrected chi connectivity index (χ3v) is 5.74. The SMILES string of the molecule is O=C(O)CCCCCN(Cc1ccccc1)S(=O)(=O)c1ccccc1. The Labute approximate surface area is 149 Å². The lowest BCUT2D eigenvalue weighted by Gasteiger charge is -2.22. The molecule has 0 aromatic heterocycles. The molecule has 0 radical (unpaired) electrons. The highest BCUT2D eigenvalue weighted by molar-refractivity contribution is 7.89. The average molecular weight is 361 g/mol. The van der Waals surface area contributed by atoms with Gasteiger partial charge in [-0.3, -0.25) is 4.79 Å². The summed E-state index contributed by atoms with van der Waals surface area (Å²) in [6.07, 6.45) is 1.98. The van der Waals surface area contributed by atoms with E-state index in [1.807, 2.05) is 30.3 Å². The first kappa shape index (κ1) is 19.1. The Hall–Kier alpha value is -2.18. The Bertz CT molecular complexity index is 761. The molecule has 0 amide bonds. The van der Waals surface area contributed by atoms with Crippen LogP contribution in [0, 0.1) is 0 Å². The van der Waals surface area contributed by atoms with Crippen LogP contribution < -0.4 is 0 Å². The number of aliphatic carboxylic acids is 1. The van der Waals surface area contributed by atoms with E-state index < -0.39 is 16.0 Å². The van der Waals surface area contributed by atoms with Gasteiger partial charge in [-0.05, 0) is 30.5 Å². The van der Waals surface area contributed by atoms with Gasteiger partial charge in [0.05, 0.1) is 4.90 Å². The molecule has 0 spiro atoms. The molecular formula is C19H23NO4S. The number of unbranched alkanes of at least 4 members (excludes halogenated alkanes) is 2. The molecule has 6 heteroatoms. The van der Waals surface area contributed by atoms with Crippen LogP contribution in [0.4, 0.5) is 0 Å². The number of hydrogen-bond acceptors (Lipinski definition) is 3. The van der Waals surface area contributed by atoms with Crippen LogP contribution in [-0.2, 0) is 21.4 Å². The van der Waals surface area contributed by atoms with Crippen molar-refractivity contribution in [2.45, 2.75) is 37.1 Å². The Kier molecular flexibility index (Phi) is 7.16. The van der Waals surface area contributed by atoms with Crippen LogP contribution in [0.1, 0.15) is 31.2 Å². The molecule has 0 bridgehead atoms. The quantitative estimate of drug-likeness (QED) is 0.657. The van der Waals surface area contributed by atoms with Crippen LogP contribution in [0.3, 0.4) is 0 Å². The number of carboxylic acid groups (broad SMARTS) is 1. The van der Waals surface area contributed by atoms with Gasteiger partial charge in [-0.25, -0.2) is 8.42 Å². The molecule has 0 heterocycles. The largest absolute Gasteiger partial charge is 0.481 e. The van der Waals surface area contributed by atoms with Gasteiger partial charge in [0.25, 0.3) is 0 Å². The standard InChI is InChI=1S/C19H23NO4S/c21-19(22)14-8-3-9-15-20(16-17-10-4-1-5-11-17)25(23,24)18-12-6-2-7-13-18/h1-2,4-7,10-13H,3,8-9,14-16H2,(H,21,22). The summed E-state index contributed by atoms with van der Waals surface area (Å²) in [5, 5.41) is 8.69. The van der Waals surface area contributed by atoms with Crippen LogP contribution in [0.25, 0.3) is 0 Å². The van der Waals surface area contributed by atoms with E-state index in [1.54, 1.807) is 30.3 Å². The van der Waals surface area contributed by atoms with Crippen LogP contribution in [0.2, 0.25) is 0 Å². The summed E-state index contributed by atoms with van der Waals surface area (Å²) in [6, 6.07) is 17.9. The molecule has 2 aromatic rings. The third kappa shape index (κ3) is 5.99. The number of hydrogen-bond donors (Lipinski definition) is 1. The lowest BCUT2D eigenvalue weighted by atomic mass is 10.2. The van der Waals surface area contributed by atoms with Crippen molar-refractivity contribution in [3.05, 3.63) is 66.2 Å². The van der Waals surface area contributed by atoms with E-state index in [-0.39, 0.29) is 11.3 Å². The summed E-state index contributed by atoms with van der Waals surface area (Å²) in [4.78, 5) is 10.8. The fourth-order valence-corrected chi connectivity index (χ4v) is 4.04. The smallest absolute Gasteiger partial charge is 0.303 e. The summed E-state index contributed by atoms with van der Waals surface area (Å²) >= 11 is 0. The molecule has 0 fully saturated rings. The van der Waals surface area contributed by atoms with Gasteiger partial charge in [0.2, 0.25) is 10.0 Å². The number of carboxylic acids is 1. The monoisotopic (exact) mass is 361 g/mol. The van der Waals surface area contributed by atoms with Gasteiger partial charge in [-0.15, -0.1) is 0 Å². The van der Waals surface area contributed by atoms with Crippen molar-refractivity contribution in [2.75, 3.05) is 6.54 Å². The predicted octanol–water partition coefficient (Wildman–Crippen LogP) is 3.52. The topological polar surface area (TPSA) is 74.7 Å². The van der Waals surface area contributed by atoms with Gasteiger partial charge in [-0.1, -0.05) is 55.0 Å². The number of sulfonamides is 1. The van der Waals surface area contributed by atoms with Crippen molar-refractivity contribution in [3.8, 4) is 0 Å². The molecule has 1 N–H and O–H groups in total. The number of benzene rings is 2. The second kappa shape index (κ2) is 9.34. The van der Waals surface area contributed by atoms with Crippen molar-refractivity contribution < 1.29 is 18.3 Å². The maximum Gasteiger partial charge on any atom is 0.303 e. The zero-order valence-electron chi connectivity index (χ0n) is 14.0. The van der Waals surface area contributed by atoms with E-state index in [0.717, 1.165) is 5.56 Å². The lowest BCUT2D eigenvalue weighted by Crippen LogP contribution is -2.31. The Morgan fingerprint density at radius 3 is 2.08 bits per heavy atom. The van der Waals surface area contributed by atoms with Crippen LogP contribution in [0.5, 0.6) is 0 Å². The van der Waals surface area contributed by atoms with Crippen molar-refractivity contribution in [2.24, 2.45) is 0 Å². The predicted molar refractivity (Wildman–Crippen MR) is 96.6 cm³/mol. The second-order valence-electron chi connectivity index (χ2n) is 5.84. The van der Waals surface area contributed by atoms with E-state index in [0.29, 0.717) is 32.4 Å². The average Bonchev–Trinajstić information content (AvgIpc) is 2.61. The summed E-state index contributed by atoms with van der Waals surface area (Å²) in [6.45, 7) is 0.669. The van der Waals surface area contributed by atoms with E-state index in [9.17, 15) is 13.2 Å². The minimum Gasteiger partial charge on any atom is -0.481 e. The molecule has 25 heavy (non-hydrogen) atoms. The van der Waals surface area contributed by atoms with Gasteiger partial charge in [-0.2, -0.15) is 4.31 Å². The van der Waals surface area contributed by atoms with E-state index in [2.05, 4.69) is 0 Å². The van der Waals surface area contributed by atoms with Gasteiger partial charge >= 0.3 is 5.97 Å². The minimum absolute atomic E-state index is 0.115. The van der Waals surface area contributed by atoms with E-state index in [4.69, 9.17) is 5.11 Å². The first-order valence-corrected chi connectivity index (χ1v) is 9.75. The van der Waals surface area contributed by atoms with Crippen LogP contribution >= 0.6 is 0 Å². The summed E-state index contributed by atoms with van der Waals surface area (Å²) in [5.74, 6) is -0.821. The Balaban J connectivity index is 2.10. The molecule has 0 aliphatic rings. The molecule has 5 nitrogen and oxygen atoms in total. The highest BCUT2D eigenvalue weighted by Gasteiger charge is 2.24. The first-order chi connectivity index (χ1) is 12.0. The maximum atomic E-state index is 12.9. The molecule has 0 saturated heterocycles. The van der Waals surface area contributed by atoms with Gasteiger partial charge < -0.3 is 5.11 Å².